The van der Waals surface area contributed by atoms with Crippen LogP contribution < -0.4 is 10.0 Å². The van der Waals surface area contributed by atoms with Crippen molar-refractivity contribution < 1.29 is 13.2 Å². The Morgan fingerprint density at radius 3 is 2.65 bits per heavy atom. The van der Waals surface area contributed by atoms with E-state index >= 15 is 0 Å². The summed E-state index contributed by atoms with van der Waals surface area (Å²) in [6.45, 7) is 0.461. The van der Waals surface area contributed by atoms with Gasteiger partial charge < -0.3 is 5.32 Å². The second-order valence-corrected chi connectivity index (χ2v) is 9.37. The van der Waals surface area contributed by atoms with Crippen molar-refractivity contribution in [1.29, 1.82) is 0 Å². The molecule has 0 radical (unpaired) electrons. The van der Waals surface area contributed by atoms with Crippen molar-refractivity contribution in [1.82, 2.24) is 10.0 Å². The van der Waals surface area contributed by atoms with Gasteiger partial charge in [0.1, 0.15) is 4.90 Å². The zero-order chi connectivity index (χ0) is 17.0. The first-order valence-corrected chi connectivity index (χ1v) is 10.1. The van der Waals surface area contributed by atoms with Gasteiger partial charge in [0.2, 0.25) is 10.0 Å². The van der Waals surface area contributed by atoms with Crippen LogP contribution in [0.15, 0.2) is 39.0 Å². The number of hydrogen-bond donors (Lipinski definition) is 2. The number of hydrogen-bond acceptors (Lipinski definition) is 4. The summed E-state index contributed by atoms with van der Waals surface area (Å²) in [5.41, 5.74) is 0.246. The molecule has 1 heterocycles. The maximum Gasteiger partial charge on any atom is 0.251 e. The van der Waals surface area contributed by atoms with Gasteiger partial charge in [0.15, 0.2) is 0 Å². The molecule has 0 unspecified atom stereocenters. The highest BCUT2D eigenvalue weighted by molar-refractivity contribution is 9.11. The highest BCUT2D eigenvalue weighted by atomic mass is 79.9. The molecule has 23 heavy (non-hydrogen) atoms. The molecule has 0 spiro atoms. The number of thiophene rings is 1. The van der Waals surface area contributed by atoms with Crippen LogP contribution in [0.25, 0.3) is 0 Å². The second-order valence-electron chi connectivity index (χ2n) is 4.56. The number of halogens is 2. The fourth-order valence-corrected chi connectivity index (χ4v) is 4.58. The Morgan fingerprint density at radius 1 is 1.30 bits per heavy atom. The third kappa shape index (κ3) is 4.77. The molecule has 0 saturated heterocycles. The van der Waals surface area contributed by atoms with Gasteiger partial charge in [0, 0.05) is 17.0 Å². The molecule has 124 valence electrons. The van der Waals surface area contributed by atoms with Gasteiger partial charge in [-0.05, 0) is 59.7 Å². The molecule has 1 aromatic heterocycles. The molecule has 0 aliphatic heterocycles. The smallest absolute Gasteiger partial charge is 0.251 e. The zero-order valence-electron chi connectivity index (χ0n) is 12.1. The van der Waals surface area contributed by atoms with Crippen LogP contribution in [0.5, 0.6) is 0 Å². The van der Waals surface area contributed by atoms with Crippen LogP contribution in [-0.2, 0) is 16.4 Å². The standard InChI is InChI=1S/C14H14BrClN2O3S2/c1-17-23(20,21)12-8-9(2-4-11(12)16)14(19)18-7-6-10-3-5-13(15)22-10/h2-5,8,17H,6-7H2,1H3,(H,18,19). The van der Waals surface area contributed by atoms with Gasteiger partial charge in [0.25, 0.3) is 5.91 Å². The van der Waals surface area contributed by atoms with Crippen molar-refractivity contribution in [3.8, 4) is 0 Å². The Balaban J connectivity index is 2.06. The second kappa shape index (κ2) is 7.76. The molecule has 0 bridgehead atoms. The Morgan fingerprint density at radius 2 is 2.04 bits per heavy atom. The fraction of sp³-hybridized carbons (Fsp3) is 0.214. The molecule has 0 aliphatic rings. The minimum absolute atomic E-state index is 0.0688. The van der Waals surface area contributed by atoms with Crippen molar-refractivity contribution in [2.75, 3.05) is 13.6 Å². The molecule has 9 heteroatoms. The largest absolute Gasteiger partial charge is 0.352 e. The number of nitrogens with one attached hydrogen (secondary N) is 2. The van der Waals surface area contributed by atoms with Crippen molar-refractivity contribution >= 4 is 54.8 Å². The molecule has 2 rings (SSSR count). The van der Waals surface area contributed by atoms with Gasteiger partial charge in [0.05, 0.1) is 8.81 Å². The lowest BCUT2D eigenvalue weighted by Gasteiger charge is -2.08. The van der Waals surface area contributed by atoms with Crippen LogP contribution in [0.4, 0.5) is 0 Å². The van der Waals surface area contributed by atoms with Gasteiger partial charge >= 0.3 is 0 Å². The SMILES string of the molecule is CNS(=O)(=O)c1cc(C(=O)NCCc2ccc(Br)s2)ccc1Cl. The molecule has 5 nitrogen and oxygen atoms in total. The monoisotopic (exact) mass is 436 g/mol. The van der Waals surface area contributed by atoms with E-state index in [0.717, 1.165) is 8.66 Å². The van der Waals surface area contributed by atoms with Gasteiger partial charge in [-0.3, -0.25) is 4.79 Å². The third-order valence-corrected chi connectivity index (χ3v) is 6.62. The van der Waals surface area contributed by atoms with Crippen molar-refractivity contribution in [2.24, 2.45) is 0 Å². The summed E-state index contributed by atoms with van der Waals surface area (Å²) in [5.74, 6) is -0.343. The molecule has 0 saturated carbocycles. The van der Waals surface area contributed by atoms with Gasteiger partial charge in [-0.1, -0.05) is 11.6 Å². The number of amides is 1. The molecule has 0 fully saturated rings. The molecular formula is C14H14BrClN2O3S2. The lowest BCUT2D eigenvalue weighted by Crippen LogP contribution is -2.26. The topological polar surface area (TPSA) is 75.3 Å². The normalized spacial score (nSPS) is 11.4. The summed E-state index contributed by atoms with van der Waals surface area (Å²) >= 11 is 10.9. The molecule has 1 aromatic carbocycles. The van der Waals surface area contributed by atoms with Crippen LogP contribution in [-0.4, -0.2) is 27.9 Å². The van der Waals surface area contributed by atoms with Crippen LogP contribution in [0.2, 0.25) is 5.02 Å². The van der Waals surface area contributed by atoms with Gasteiger partial charge in [-0.25, -0.2) is 13.1 Å². The maximum absolute atomic E-state index is 12.1. The molecule has 2 aromatic rings. The highest BCUT2D eigenvalue weighted by Crippen LogP contribution is 2.23. The van der Waals surface area contributed by atoms with Crippen molar-refractivity contribution in [3.63, 3.8) is 0 Å². The summed E-state index contributed by atoms with van der Waals surface area (Å²) < 4.78 is 27.0. The molecule has 2 N–H and O–H groups in total. The highest BCUT2D eigenvalue weighted by Gasteiger charge is 2.18. The van der Waals surface area contributed by atoms with Gasteiger partial charge in [-0.15, -0.1) is 11.3 Å². The lowest BCUT2D eigenvalue weighted by molar-refractivity contribution is 0.0954. The van der Waals surface area contributed by atoms with Gasteiger partial charge in [-0.2, -0.15) is 0 Å². The molecule has 0 aliphatic carbocycles. The maximum atomic E-state index is 12.1. The van der Waals surface area contributed by atoms with E-state index in [-0.39, 0.29) is 21.4 Å². The summed E-state index contributed by atoms with van der Waals surface area (Å²) in [5, 5.41) is 2.84. The first-order valence-electron chi connectivity index (χ1n) is 6.59. The molecular weight excluding hydrogens is 424 g/mol. The van der Waals surface area contributed by atoms with E-state index in [9.17, 15) is 13.2 Å². The van der Waals surface area contributed by atoms with E-state index in [2.05, 4.69) is 26.0 Å². The lowest BCUT2D eigenvalue weighted by atomic mass is 10.2. The number of carbonyl (C=O) groups is 1. The van der Waals surface area contributed by atoms with E-state index in [0.29, 0.717) is 13.0 Å². The first kappa shape index (κ1) is 18.4. The number of rotatable bonds is 6. The summed E-state index contributed by atoms with van der Waals surface area (Å²) in [6.07, 6.45) is 0.706. The van der Waals surface area contributed by atoms with Crippen molar-refractivity contribution in [3.05, 3.63) is 49.6 Å². The van der Waals surface area contributed by atoms with E-state index in [1.54, 1.807) is 11.3 Å². The number of benzene rings is 1. The van der Waals surface area contributed by atoms with E-state index in [1.165, 1.54) is 25.2 Å². The van der Waals surface area contributed by atoms with Crippen LogP contribution in [0.3, 0.4) is 0 Å². The average Bonchev–Trinajstić information content (AvgIpc) is 2.93. The van der Waals surface area contributed by atoms with E-state index in [1.807, 2.05) is 12.1 Å². The van der Waals surface area contributed by atoms with E-state index in [4.69, 9.17) is 11.6 Å². The first-order chi connectivity index (χ1) is 10.8. The predicted molar refractivity (Wildman–Crippen MR) is 95.8 cm³/mol. The Hall–Kier alpha value is -0.930. The van der Waals surface area contributed by atoms with Crippen LogP contribution in [0, 0.1) is 0 Å². The minimum Gasteiger partial charge on any atom is -0.352 e. The molecule has 0 atom stereocenters. The quantitative estimate of drug-likeness (QED) is 0.729. The Bertz CT molecular complexity index is 821. The fourth-order valence-electron chi connectivity index (χ4n) is 1.85. The summed E-state index contributed by atoms with van der Waals surface area (Å²) in [6, 6.07) is 8.10. The predicted octanol–water partition coefficient (Wildman–Crippen LogP) is 3.04. The Labute approximate surface area is 152 Å². The summed E-state index contributed by atoms with van der Waals surface area (Å²) in [4.78, 5) is 13.2. The number of carbonyl (C=O) groups excluding carboxylic acids is 1. The van der Waals surface area contributed by atoms with E-state index < -0.39 is 10.0 Å². The molecule has 1 amide bonds. The Kier molecular flexibility index (Phi) is 6.21. The summed E-state index contributed by atoms with van der Waals surface area (Å²) in [7, 11) is -2.42. The zero-order valence-corrected chi connectivity index (χ0v) is 16.1. The van der Waals surface area contributed by atoms with Crippen LogP contribution in [0.1, 0.15) is 15.2 Å². The average molecular weight is 438 g/mol. The number of sulfonamides is 1. The van der Waals surface area contributed by atoms with Crippen molar-refractivity contribution in [2.45, 2.75) is 11.3 Å². The third-order valence-electron chi connectivity index (χ3n) is 3.04. The minimum atomic E-state index is -3.71. The van der Waals surface area contributed by atoms with Crippen LogP contribution >= 0.6 is 38.9 Å².